The van der Waals surface area contributed by atoms with Crippen LogP contribution in [0.5, 0.6) is 0 Å². The van der Waals surface area contributed by atoms with E-state index in [0.717, 1.165) is 31.5 Å². The van der Waals surface area contributed by atoms with Gasteiger partial charge in [-0.1, -0.05) is 29.8 Å². The smallest absolute Gasteiger partial charge is 0.173 e. The molecule has 4 nitrogen and oxygen atoms in total. The van der Waals surface area contributed by atoms with Crippen molar-refractivity contribution in [2.75, 3.05) is 13.3 Å². The van der Waals surface area contributed by atoms with E-state index in [-0.39, 0.29) is 29.8 Å². The van der Waals surface area contributed by atoms with E-state index in [1.165, 1.54) is 4.88 Å². The molecule has 5 rings (SSSR count). The van der Waals surface area contributed by atoms with Gasteiger partial charge < -0.3 is 9.47 Å². The highest BCUT2D eigenvalue weighted by Gasteiger charge is 2.49. The minimum atomic E-state index is -0.103. The molecule has 2 aromatic rings. The Morgan fingerprint density at radius 1 is 1.18 bits per heavy atom. The van der Waals surface area contributed by atoms with Crippen LogP contribution in [0, 0.1) is 11.8 Å². The van der Waals surface area contributed by atoms with E-state index in [4.69, 9.17) is 21.1 Å². The van der Waals surface area contributed by atoms with Gasteiger partial charge in [-0.05, 0) is 42.0 Å². The summed E-state index contributed by atoms with van der Waals surface area (Å²) in [5.74, 6) is 0.314. The third-order valence-corrected chi connectivity index (χ3v) is 7.17. The molecule has 28 heavy (non-hydrogen) atoms. The first-order valence-electron chi connectivity index (χ1n) is 9.71. The Bertz CT molecular complexity index is 880. The number of thiophene rings is 1. The molecule has 3 aliphatic rings. The standard InChI is InChI=1S/C22H22ClNO3S/c23-15-5-3-14(4-6-15)19-12-26-22-17(21(19)25)7-8-20-18(22)11-24(13-27-20)10-16-2-1-9-28-16/h1-6,9,12,17-18,20,22H,7-8,10-11,13H2. The Morgan fingerprint density at radius 3 is 2.82 bits per heavy atom. The molecule has 146 valence electrons. The lowest BCUT2D eigenvalue weighted by Gasteiger charge is -2.48. The van der Waals surface area contributed by atoms with Gasteiger partial charge in [-0.25, -0.2) is 0 Å². The van der Waals surface area contributed by atoms with Gasteiger partial charge in [0.05, 0.1) is 30.6 Å². The molecule has 3 heterocycles. The first-order chi connectivity index (χ1) is 13.7. The average Bonchev–Trinajstić information content (AvgIpc) is 3.22. The van der Waals surface area contributed by atoms with E-state index in [1.807, 2.05) is 24.3 Å². The van der Waals surface area contributed by atoms with Crippen LogP contribution in [0.25, 0.3) is 5.57 Å². The molecule has 0 radical (unpaired) electrons. The number of rotatable bonds is 3. The Morgan fingerprint density at radius 2 is 2.04 bits per heavy atom. The third-order valence-electron chi connectivity index (χ3n) is 6.06. The highest BCUT2D eigenvalue weighted by Crippen LogP contribution is 2.42. The van der Waals surface area contributed by atoms with Crippen LogP contribution < -0.4 is 0 Å². The number of hydrogen-bond acceptors (Lipinski definition) is 5. The van der Waals surface area contributed by atoms with E-state index in [0.29, 0.717) is 17.3 Å². The summed E-state index contributed by atoms with van der Waals surface area (Å²) in [4.78, 5) is 16.9. The zero-order valence-corrected chi connectivity index (χ0v) is 17.0. The number of hydrogen-bond donors (Lipinski definition) is 0. The van der Waals surface area contributed by atoms with Crippen LogP contribution in [0.15, 0.2) is 48.0 Å². The van der Waals surface area contributed by atoms with E-state index < -0.39 is 0 Å². The van der Waals surface area contributed by atoms with Gasteiger partial charge in [-0.3, -0.25) is 9.69 Å². The van der Waals surface area contributed by atoms with E-state index >= 15 is 0 Å². The van der Waals surface area contributed by atoms with Gasteiger partial charge in [0.25, 0.3) is 0 Å². The monoisotopic (exact) mass is 415 g/mol. The van der Waals surface area contributed by atoms with Crippen molar-refractivity contribution in [3.05, 3.63) is 63.5 Å². The number of carbonyl (C=O) groups is 1. The number of allylic oxidation sites excluding steroid dienone is 1. The van der Waals surface area contributed by atoms with Crippen molar-refractivity contribution in [1.82, 2.24) is 4.90 Å². The number of carbonyl (C=O) groups excluding carboxylic acids is 1. The molecule has 1 saturated heterocycles. The fourth-order valence-corrected chi connectivity index (χ4v) is 5.54. The second-order valence-corrected chi connectivity index (χ2v) is 9.24. The Balaban J connectivity index is 1.35. The van der Waals surface area contributed by atoms with Crippen molar-refractivity contribution in [3.8, 4) is 0 Å². The van der Waals surface area contributed by atoms with E-state index in [1.54, 1.807) is 17.6 Å². The van der Waals surface area contributed by atoms with Crippen molar-refractivity contribution >= 4 is 34.3 Å². The molecular weight excluding hydrogens is 394 g/mol. The number of halogens is 1. The number of benzene rings is 1. The predicted octanol–water partition coefficient (Wildman–Crippen LogP) is 4.60. The minimum absolute atomic E-state index is 0.0952. The fraction of sp³-hybridized carbons (Fsp3) is 0.409. The van der Waals surface area contributed by atoms with Crippen LogP contribution in [-0.4, -0.2) is 36.2 Å². The van der Waals surface area contributed by atoms with Crippen molar-refractivity contribution in [2.24, 2.45) is 11.8 Å². The maximum absolute atomic E-state index is 13.2. The van der Waals surface area contributed by atoms with Crippen LogP contribution in [-0.2, 0) is 20.8 Å². The summed E-state index contributed by atoms with van der Waals surface area (Å²) < 4.78 is 12.3. The van der Waals surface area contributed by atoms with Crippen molar-refractivity contribution in [2.45, 2.75) is 31.6 Å². The highest BCUT2D eigenvalue weighted by atomic mass is 35.5. The molecule has 2 aliphatic heterocycles. The molecule has 1 aromatic heterocycles. The van der Waals surface area contributed by atoms with E-state index in [9.17, 15) is 4.79 Å². The van der Waals surface area contributed by atoms with Gasteiger partial charge in [0.2, 0.25) is 0 Å². The second kappa shape index (κ2) is 7.64. The number of ether oxygens (including phenoxy) is 2. The lowest BCUT2D eigenvalue weighted by Crippen LogP contribution is -2.56. The van der Waals surface area contributed by atoms with Crippen molar-refractivity contribution in [1.29, 1.82) is 0 Å². The van der Waals surface area contributed by atoms with Crippen LogP contribution in [0.1, 0.15) is 23.3 Å². The van der Waals surface area contributed by atoms with Crippen molar-refractivity contribution < 1.29 is 14.3 Å². The van der Waals surface area contributed by atoms with E-state index in [2.05, 4.69) is 22.4 Å². The summed E-state index contributed by atoms with van der Waals surface area (Å²) in [6.45, 7) is 2.44. The summed E-state index contributed by atoms with van der Waals surface area (Å²) in [5, 5.41) is 2.77. The first kappa shape index (κ1) is 18.4. The fourth-order valence-electron chi connectivity index (χ4n) is 4.67. The van der Waals surface area contributed by atoms with Gasteiger partial charge in [0.15, 0.2) is 5.78 Å². The third kappa shape index (κ3) is 3.41. The number of ketones is 1. The Labute approximate surface area is 173 Å². The Kier molecular flexibility index (Phi) is 5.01. The zero-order valence-electron chi connectivity index (χ0n) is 15.4. The number of Topliss-reactive ketones (excluding diaryl/α,β-unsaturated/α-hetero) is 1. The zero-order chi connectivity index (χ0) is 19.1. The normalized spacial score (nSPS) is 30.2. The molecule has 0 amide bonds. The summed E-state index contributed by atoms with van der Waals surface area (Å²) >= 11 is 7.75. The van der Waals surface area contributed by atoms with Crippen LogP contribution in [0.4, 0.5) is 0 Å². The number of nitrogens with zero attached hydrogens (tertiary/aromatic N) is 1. The molecule has 4 atom stereocenters. The maximum atomic E-state index is 13.2. The van der Waals surface area contributed by atoms with Gasteiger partial charge in [0, 0.05) is 28.9 Å². The summed E-state index contributed by atoms with van der Waals surface area (Å²) in [5.41, 5.74) is 1.53. The van der Waals surface area contributed by atoms with Gasteiger partial charge in [-0.15, -0.1) is 11.3 Å². The SMILES string of the molecule is O=C1C(c2ccc(Cl)cc2)=COC2C1CCC1OCN(Cc3cccs3)CC12. The molecule has 0 bridgehead atoms. The highest BCUT2D eigenvalue weighted by molar-refractivity contribution is 7.09. The summed E-state index contributed by atoms with van der Waals surface area (Å²) in [6, 6.07) is 11.6. The summed E-state index contributed by atoms with van der Waals surface area (Å²) in [6.07, 6.45) is 3.47. The molecule has 2 fully saturated rings. The largest absolute Gasteiger partial charge is 0.496 e. The van der Waals surface area contributed by atoms with Gasteiger partial charge >= 0.3 is 0 Å². The number of fused-ring (bicyclic) bond motifs is 3. The summed E-state index contributed by atoms with van der Waals surface area (Å²) in [7, 11) is 0. The molecule has 1 aliphatic carbocycles. The lowest BCUT2D eigenvalue weighted by molar-refractivity contribution is -0.171. The maximum Gasteiger partial charge on any atom is 0.173 e. The molecule has 0 N–H and O–H groups in total. The molecule has 6 heteroatoms. The first-order valence-corrected chi connectivity index (χ1v) is 11.0. The predicted molar refractivity (Wildman–Crippen MR) is 110 cm³/mol. The molecule has 1 saturated carbocycles. The van der Waals surface area contributed by atoms with Gasteiger partial charge in [-0.2, -0.15) is 0 Å². The average molecular weight is 416 g/mol. The quantitative estimate of drug-likeness (QED) is 0.734. The molecule has 1 aromatic carbocycles. The molecule has 0 spiro atoms. The lowest BCUT2D eigenvalue weighted by atomic mass is 9.71. The van der Waals surface area contributed by atoms with Gasteiger partial charge in [0.1, 0.15) is 6.10 Å². The van der Waals surface area contributed by atoms with Crippen LogP contribution in [0.2, 0.25) is 5.02 Å². The molecular formula is C22H22ClNO3S. The van der Waals surface area contributed by atoms with Crippen molar-refractivity contribution in [3.63, 3.8) is 0 Å². The van der Waals surface area contributed by atoms with Crippen LogP contribution in [0.3, 0.4) is 0 Å². The minimum Gasteiger partial charge on any atom is -0.496 e. The molecule has 4 unspecified atom stereocenters. The Hall–Kier alpha value is -1.66. The van der Waals surface area contributed by atoms with Crippen LogP contribution >= 0.6 is 22.9 Å². The topological polar surface area (TPSA) is 38.8 Å². The second-order valence-electron chi connectivity index (χ2n) is 7.78.